The number of carbonyl (C=O) groups is 1. The van der Waals surface area contributed by atoms with Crippen molar-refractivity contribution in [1.29, 1.82) is 0 Å². The number of ether oxygens (including phenoxy) is 1. The molecular weight excluding hydrogens is 270 g/mol. The van der Waals surface area contributed by atoms with E-state index in [2.05, 4.69) is 10.0 Å². The molecule has 0 radical (unpaired) electrons. The molecule has 1 amide bonds. The average Bonchev–Trinajstić information content (AvgIpc) is 2.37. The van der Waals surface area contributed by atoms with Gasteiger partial charge in [0.2, 0.25) is 5.91 Å². The fourth-order valence-corrected chi connectivity index (χ4v) is 3.45. The molecule has 1 saturated heterocycles. The van der Waals surface area contributed by atoms with Gasteiger partial charge in [-0.1, -0.05) is 6.42 Å². The molecule has 1 aliphatic rings. The lowest BCUT2D eigenvalue weighted by atomic mass is 10.1. The van der Waals surface area contributed by atoms with Gasteiger partial charge in [0.05, 0.1) is 13.2 Å². The molecule has 0 spiro atoms. The zero-order valence-corrected chi connectivity index (χ0v) is 12.3. The molecule has 8 heteroatoms. The predicted molar refractivity (Wildman–Crippen MR) is 71.8 cm³/mol. The molecule has 0 bridgehead atoms. The van der Waals surface area contributed by atoms with Crippen LogP contribution in [0, 0.1) is 0 Å². The van der Waals surface area contributed by atoms with E-state index in [1.165, 1.54) is 11.4 Å². The van der Waals surface area contributed by atoms with Gasteiger partial charge in [0.25, 0.3) is 10.2 Å². The first kappa shape index (κ1) is 16.4. The van der Waals surface area contributed by atoms with Crippen LogP contribution in [0.15, 0.2) is 0 Å². The van der Waals surface area contributed by atoms with E-state index in [-0.39, 0.29) is 18.5 Å². The quantitative estimate of drug-likeness (QED) is 0.617. The minimum absolute atomic E-state index is 0.0113. The maximum atomic E-state index is 12.0. The highest BCUT2D eigenvalue weighted by molar-refractivity contribution is 7.87. The summed E-state index contributed by atoms with van der Waals surface area (Å²) in [6.07, 6.45) is 2.77. The van der Waals surface area contributed by atoms with Gasteiger partial charge in [-0.3, -0.25) is 4.79 Å². The Balaban J connectivity index is 2.39. The van der Waals surface area contributed by atoms with Gasteiger partial charge >= 0.3 is 0 Å². The van der Waals surface area contributed by atoms with Crippen molar-refractivity contribution in [2.75, 3.05) is 33.4 Å². The molecule has 1 aliphatic heterocycles. The van der Waals surface area contributed by atoms with Crippen LogP contribution in [0.25, 0.3) is 0 Å². The smallest absolute Gasteiger partial charge is 0.280 e. The van der Waals surface area contributed by atoms with Crippen LogP contribution in [-0.2, 0) is 19.7 Å². The van der Waals surface area contributed by atoms with Crippen molar-refractivity contribution in [1.82, 2.24) is 14.3 Å². The largest absolute Gasteiger partial charge is 0.383 e. The monoisotopic (exact) mass is 293 g/mol. The Morgan fingerprint density at radius 3 is 2.79 bits per heavy atom. The van der Waals surface area contributed by atoms with Crippen molar-refractivity contribution < 1.29 is 17.9 Å². The summed E-state index contributed by atoms with van der Waals surface area (Å²) in [5.41, 5.74) is 0. The van der Waals surface area contributed by atoms with E-state index in [4.69, 9.17) is 4.74 Å². The molecule has 0 aromatic carbocycles. The summed E-state index contributed by atoms with van der Waals surface area (Å²) in [7, 11) is -2.03. The topological polar surface area (TPSA) is 87.7 Å². The SMILES string of the molecule is COCCNC(=O)CNS(=O)(=O)N1CCCC[C@H]1C. The molecule has 112 valence electrons. The molecule has 0 unspecified atom stereocenters. The van der Waals surface area contributed by atoms with Gasteiger partial charge in [0.1, 0.15) is 0 Å². The summed E-state index contributed by atoms with van der Waals surface area (Å²) >= 11 is 0. The minimum atomic E-state index is -3.57. The number of hydrogen-bond acceptors (Lipinski definition) is 4. The number of nitrogens with one attached hydrogen (secondary N) is 2. The van der Waals surface area contributed by atoms with Gasteiger partial charge in [-0.05, 0) is 19.8 Å². The number of rotatable bonds is 7. The van der Waals surface area contributed by atoms with E-state index in [9.17, 15) is 13.2 Å². The van der Waals surface area contributed by atoms with E-state index in [1.807, 2.05) is 6.92 Å². The average molecular weight is 293 g/mol. The standard InChI is InChI=1S/C11H23N3O4S/c1-10-5-3-4-7-14(10)19(16,17)13-9-11(15)12-6-8-18-2/h10,13H,3-9H2,1-2H3,(H,12,15)/t10-/m1/s1. The Kier molecular flexibility index (Phi) is 6.70. The Morgan fingerprint density at radius 2 is 2.16 bits per heavy atom. The molecule has 0 aromatic rings. The third-order valence-corrected chi connectivity index (χ3v) is 4.76. The maximum absolute atomic E-state index is 12.0. The van der Waals surface area contributed by atoms with E-state index < -0.39 is 10.2 Å². The highest BCUT2D eigenvalue weighted by Crippen LogP contribution is 2.18. The number of amides is 1. The van der Waals surface area contributed by atoms with E-state index in [0.29, 0.717) is 19.7 Å². The van der Waals surface area contributed by atoms with Gasteiger partial charge < -0.3 is 10.1 Å². The van der Waals surface area contributed by atoms with E-state index in [0.717, 1.165) is 19.3 Å². The molecule has 1 heterocycles. The molecule has 7 nitrogen and oxygen atoms in total. The van der Waals surface area contributed by atoms with Gasteiger partial charge in [-0.15, -0.1) is 0 Å². The van der Waals surface area contributed by atoms with Crippen LogP contribution in [0.3, 0.4) is 0 Å². The van der Waals surface area contributed by atoms with Crippen LogP contribution in [0.5, 0.6) is 0 Å². The Bertz CT molecular complexity index is 385. The second-order valence-corrected chi connectivity index (χ2v) is 6.33. The Labute approximate surface area is 114 Å². The molecule has 2 N–H and O–H groups in total. The lowest BCUT2D eigenvalue weighted by Crippen LogP contribution is -2.50. The van der Waals surface area contributed by atoms with Gasteiger partial charge in [-0.25, -0.2) is 0 Å². The van der Waals surface area contributed by atoms with Crippen molar-refractivity contribution >= 4 is 16.1 Å². The molecule has 0 aliphatic carbocycles. The molecule has 0 saturated carbocycles. The molecular formula is C11H23N3O4S. The fourth-order valence-electron chi connectivity index (χ4n) is 2.02. The molecule has 19 heavy (non-hydrogen) atoms. The Hall–Kier alpha value is -0.700. The van der Waals surface area contributed by atoms with Crippen LogP contribution >= 0.6 is 0 Å². The van der Waals surface area contributed by atoms with Crippen molar-refractivity contribution in [2.45, 2.75) is 32.2 Å². The number of hydrogen-bond donors (Lipinski definition) is 2. The predicted octanol–water partition coefficient (Wildman–Crippen LogP) is -0.542. The first-order chi connectivity index (χ1) is 8.97. The molecule has 1 fully saturated rings. The van der Waals surface area contributed by atoms with Crippen LogP contribution in [0.2, 0.25) is 0 Å². The second-order valence-electron chi connectivity index (χ2n) is 4.62. The lowest BCUT2D eigenvalue weighted by molar-refractivity contribution is -0.120. The summed E-state index contributed by atoms with van der Waals surface area (Å²) in [4.78, 5) is 11.4. The van der Waals surface area contributed by atoms with E-state index in [1.54, 1.807) is 0 Å². The number of piperidine rings is 1. The van der Waals surface area contributed by atoms with Gasteiger partial charge in [0.15, 0.2) is 0 Å². The van der Waals surface area contributed by atoms with Crippen LogP contribution < -0.4 is 10.0 Å². The highest BCUT2D eigenvalue weighted by atomic mass is 32.2. The first-order valence-electron chi connectivity index (χ1n) is 6.49. The zero-order valence-electron chi connectivity index (χ0n) is 11.5. The highest BCUT2D eigenvalue weighted by Gasteiger charge is 2.29. The van der Waals surface area contributed by atoms with Crippen LogP contribution in [0.1, 0.15) is 26.2 Å². The minimum Gasteiger partial charge on any atom is -0.383 e. The van der Waals surface area contributed by atoms with Crippen molar-refractivity contribution in [2.24, 2.45) is 0 Å². The molecule has 1 rings (SSSR count). The lowest BCUT2D eigenvalue weighted by Gasteiger charge is -2.32. The fraction of sp³-hybridized carbons (Fsp3) is 0.909. The zero-order chi connectivity index (χ0) is 14.3. The number of carbonyl (C=O) groups excluding carboxylic acids is 1. The van der Waals surface area contributed by atoms with Gasteiger partial charge in [-0.2, -0.15) is 17.4 Å². The maximum Gasteiger partial charge on any atom is 0.280 e. The van der Waals surface area contributed by atoms with Crippen molar-refractivity contribution in [3.63, 3.8) is 0 Å². The summed E-state index contributed by atoms with van der Waals surface area (Å²) in [6, 6.07) is -0.0113. The van der Waals surface area contributed by atoms with Gasteiger partial charge in [0, 0.05) is 26.2 Å². The normalized spacial score (nSPS) is 21.3. The Morgan fingerprint density at radius 1 is 1.42 bits per heavy atom. The first-order valence-corrected chi connectivity index (χ1v) is 7.93. The third-order valence-electron chi connectivity index (χ3n) is 3.09. The summed E-state index contributed by atoms with van der Waals surface area (Å²) in [5, 5.41) is 2.56. The number of methoxy groups -OCH3 is 1. The van der Waals surface area contributed by atoms with E-state index >= 15 is 0 Å². The van der Waals surface area contributed by atoms with Crippen molar-refractivity contribution in [3.8, 4) is 0 Å². The van der Waals surface area contributed by atoms with Crippen LogP contribution in [0.4, 0.5) is 0 Å². The summed E-state index contributed by atoms with van der Waals surface area (Å²) in [5.74, 6) is -0.356. The summed E-state index contributed by atoms with van der Waals surface area (Å²) in [6.45, 7) is 2.94. The second kappa shape index (κ2) is 7.78. The molecule has 0 aromatic heterocycles. The molecule has 1 atom stereocenters. The third kappa shape index (κ3) is 5.43. The van der Waals surface area contributed by atoms with Crippen molar-refractivity contribution in [3.05, 3.63) is 0 Å². The van der Waals surface area contributed by atoms with Crippen LogP contribution in [-0.4, -0.2) is 58.0 Å². The summed E-state index contributed by atoms with van der Waals surface area (Å²) < 4.78 is 32.6. The number of nitrogens with zero attached hydrogens (tertiary/aromatic N) is 1.